The molecule has 1 N–H and O–H groups in total. The number of benzene rings is 2. The molecule has 33 heavy (non-hydrogen) atoms. The molecule has 0 bridgehead atoms. The molecule has 0 radical (unpaired) electrons. The number of aromatic nitrogens is 4. The molecule has 1 aliphatic rings. The zero-order valence-electron chi connectivity index (χ0n) is 18.0. The van der Waals surface area contributed by atoms with Gasteiger partial charge in [-0.2, -0.15) is 8.99 Å². The van der Waals surface area contributed by atoms with Crippen molar-refractivity contribution >= 4 is 21.6 Å². The average molecular weight is 477 g/mol. The van der Waals surface area contributed by atoms with Crippen LogP contribution in [-0.4, -0.2) is 51.9 Å². The fourth-order valence-electron chi connectivity index (χ4n) is 3.79. The van der Waals surface area contributed by atoms with Crippen molar-refractivity contribution in [2.24, 2.45) is 5.92 Å². The van der Waals surface area contributed by atoms with E-state index >= 15 is 0 Å². The summed E-state index contributed by atoms with van der Waals surface area (Å²) in [5.74, 6) is -1.91. The van der Waals surface area contributed by atoms with Gasteiger partial charge in [0, 0.05) is 24.7 Å². The van der Waals surface area contributed by atoms with E-state index in [4.69, 9.17) is 0 Å². The first kappa shape index (κ1) is 22.9. The van der Waals surface area contributed by atoms with Crippen LogP contribution in [0.4, 0.5) is 14.5 Å². The first-order chi connectivity index (χ1) is 15.7. The van der Waals surface area contributed by atoms with Crippen LogP contribution in [0.5, 0.6) is 0 Å². The molecule has 0 atom stereocenters. The second-order valence-electron chi connectivity index (χ2n) is 7.88. The summed E-state index contributed by atoms with van der Waals surface area (Å²) in [7, 11) is -4.20. The number of amides is 1. The Hall–Kier alpha value is -3.25. The molecule has 12 heteroatoms. The van der Waals surface area contributed by atoms with Crippen molar-refractivity contribution in [3.63, 3.8) is 0 Å². The van der Waals surface area contributed by atoms with Crippen LogP contribution in [0.15, 0.2) is 41.3 Å². The maximum absolute atomic E-state index is 14.0. The van der Waals surface area contributed by atoms with Gasteiger partial charge in [-0.3, -0.25) is 4.79 Å². The molecule has 0 saturated carbocycles. The molecule has 2 aromatic carbocycles. The zero-order valence-corrected chi connectivity index (χ0v) is 18.8. The van der Waals surface area contributed by atoms with Crippen LogP contribution in [0.1, 0.15) is 24.2 Å². The minimum atomic E-state index is -4.20. The van der Waals surface area contributed by atoms with Crippen molar-refractivity contribution in [1.82, 2.24) is 24.5 Å². The third-order valence-corrected chi connectivity index (χ3v) is 7.58. The van der Waals surface area contributed by atoms with Gasteiger partial charge in [-0.25, -0.2) is 17.2 Å². The lowest BCUT2D eigenvalue weighted by Gasteiger charge is -2.30. The lowest BCUT2D eigenvalue weighted by Crippen LogP contribution is -2.41. The molecule has 0 spiro atoms. The first-order valence-electron chi connectivity index (χ1n) is 10.3. The van der Waals surface area contributed by atoms with E-state index in [-0.39, 0.29) is 31.8 Å². The highest BCUT2D eigenvalue weighted by molar-refractivity contribution is 7.89. The number of piperidine rings is 1. The van der Waals surface area contributed by atoms with Crippen molar-refractivity contribution in [3.8, 4) is 5.69 Å². The Morgan fingerprint density at radius 1 is 1.09 bits per heavy atom. The Labute approximate surface area is 189 Å². The summed E-state index contributed by atoms with van der Waals surface area (Å²) in [4.78, 5) is 12.1. The van der Waals surface area contributed by atoms with Crippen LogP contribution in [0.2, 0.25) is 0 Å². The molecule has 9 nitrogen and oxygen atoms in total. The van der Waals surface area contributed by atoms with Gasteiger partial charge >= 0.3 is 0 Å². The number of tetrazole rings is 1. The van der Waals surface area contributed by atoms with Gasteiger partial charge in [0.05, 0.1) is 5.69 Å². The second-order valence-corrected chi connectivity index (χ2v) is 9.79. The predicted molar refractivity (Wildman–Crippen MR) is 115 cm³/mol. The Morgan fingerprint density at radius 3 is 2.48 bits per heavy atom. The van der Waals surface area contributed by atoms with Gasteiger partial charge in [-0.1, -0.05) is 6.07 Å². The lowest BCUT2D eigenvalue weighted by atomic mass is 9.97. The van der Waals surface area contributed by atoms with Crippen molar-refractivity contribution < 1.29 is 22.0 Å². The monoisotopic (exact) mass is 476 g/mol. The van der Waals surface area contributed by atoms with E-state index < -0.39 is 32.5 Å². The van der Waals surface area contributed by atoms with Gasteiger partial charge in [0.15, 0.2) is 5.82 Å². The number of sulfonamides is 1. The van der Waals surface area contributed by atoms with Crippen molar-refractivity contribution in [3.05, 3.63) is 59.4 Å². The van der Waals surface area contributed by atoms with E-state index in [1.165, 1.54) is 0 Å². The number of aryl methyl sites for hydroxylation is 2. The van der Waals surface area contributed by atoms with E-state index in [2.05, 4.69) is 20.8 Å². The number of halogens is 2. The highest BCUT2D eigenvalue weighted by Crippen LogP contribution is 2.27. The highest BCUT2D eigenvalue weighted by atomic mass is 32.2. The summed E-state index contributed by atoms with van der Waals surface area (Å²) in [5, 5.41) is 14.3. The van der Waals surface area contributed by atoms with Crippen molar-refractivity contribution in [2.75, 3.05) is 18.4 Å². The van der Waals surface area contributed by atoms with E-state index in [1.807, 2.05) is 13.0 Å². The Kier molecular flexibility index (Phi) is 6.21. The zero-order chi connectivity index (χ0) is 23.8. The summed E-state index contributed by atoms with van der Waals surface area (Å²) in [6.45, 7) is 3.72. The smallest absolute Gasteiger partial charge is 0.246 e. The summed E-state index contributed by atoms with van der Waals surface area (Å²) < 4.78 is 55.6. The number of anilines is 1. The summed E-state index contributed by atoms with van der Waals surface area (Å²) in [6.07, 6.45) is 0.514. The largest absolute Gasteiger partial charge is 0.326 e. The number of nitrogens with one attached hydrogen (secondary N) is 1. The van der Waals surface area contributed by atoms with E-state index in [1.54, 1.807) is 23.7 Å². The Bertz CT molecular complexity index is 1300. The molecule has 1 aromatic heterocycles. The minimum Gasteiger partial charge on any atom is -0.326 e. The molecule has 1 saturated heterocycles. The standard InChI is InChI=1S/C21H22F2N6O3S/c1-13-3-5-17(12-19(13)29-14(2)25-26-27-29)24-21(30)15-7-9-28(10-8-15)33(31,32)20-11-16(22)4-6-18(20)23/h3-6,11-12,15H,7-10H2,1-2H3,(H,24,30). The van der Waals surface area contributed by atoms with E-state index in [0.29, 0.717) is 17.6 Å². The SMILES string of the molecule is Cc1ccc(NC(=O)C2CCN(S(=O)(=O)c3cc(F)ccc3F)CC2)cc1-n1nnnc1C. The Balaban J connectivity index is 1.43. The van der Waals surface area contributed by atoms with E-state index in [0.717, 1.165) is 27.7 Å². The van der Waals surface area contributed by atoms with Crippen molar-refractivity contribution in [2.45, 2.75) is 31.6 Å². The number of rotatable bonds is 5. The number of hydrogen-bond donors (Lipinski definition) is 1. The maximum Gasteiger partial charge on any atom is 0.246 e. The molecule has 174 valence electrons. The molecule has 1 fully saturated rings. The summed E-state index contributed by atoms with van der Waals surface area (Å²) >= 11 is 0. The topological polar surface area (TPSA) is 110 Å². The number of carbonyl (C=O) groups excluding carboxylic acids is 1. The van der Waals surface area contributed by atoms with E-state index in [9.17, 15) is 22.0 Å². The quantitative estimate of drug-likeness (QED) is 0.606. The van der Waals surface area contributed by atoms with Gasteiger partial charge in [-0.05, 0) is 73.0 Å². The molecule has 3 aromatic rings. The summed E-state index contributed by atoms with van der Waals surface area (Å²) in [5.41, 5.74) is 2.22. The van der Waals surface area contributed by atoms with Crippen LogP contribution in [-0.2, 0) is 14.8 Å². The Morgan fingerprint density at radius 2 is 1.82 bits per heavy atom. The molecule has 0 unspecified atom stereocenters. The van der Waals surface area contributed by atoms with Gasteiger partial charge in [0.25, 0.3) is 0 Å². The average Bonchev–Trinajstić information content (AvgIpc) is 3.22. The van der Waals surface area contributed by atoms with Gasteiger partial charge < -0.3 is 5.32 Å². The van der Waals surface area contributed by atoms with Crippen molar-refractivity contribution in [1.29, 1.82) is 0 Å². The molecule has 1 aliphatic heterocycles. The fourth-order valence-corrected chi connectivity index (χ4v) is 5.33. The molecule has 0 aliphatic carbocycles. The minimum absolute atomic E-state index is 0.0271. The van der Waals surface area contributed by atoms with Crippen LogP contribution in [0.3, 0.4) is 0 Å². The molecule has 4 rings (SSSR count). The first-order valence-corrected chi connectivity index (χ1v) is 11.7. The third kappa shape index (κ3) is 4.62. The highest BCUT2D eigenvalue weighted by Gasteiger charge is 2.34. The third-order valence-electron chi connectivity index (χ3n) is 5.67. The molecular weight excluding hydrogens is 454 g/mol. The molecular formula is C21H22F2N6O3S. The number of hydrogen-bond acceptors (Lipinski definition) is 6. The second kappa shape index (κ2) is 8.94. The van der Waals surface area contributed by atoms with Crippen LogP contribution in [0, 0.1) is 31.4 Å². The van der Waals surface area contributed by atoms with Crippen LogP contribution in [0.25, 0.3) is 5.69 Å². The number of carbonyl (C=O) groups is 1. The summed E-state index contributed by atoms with van der Waals surface area (Å²) in [6, 6.07) is 7.70. The maximum atomic E-state index is 14.0. The molecule has 2 heterocycles. The van der Waals surface area contributed by atoms with Gasteiger partial charge in [-0.15, -0.1) is 5.10 Å². The van der Waals surface area contributed by atoms with Gasteiger partial charge in [0.2, 0.25) is 15.9 Å². The lowest BCUT2D eigenvalue weighted by molar-refractivity contribution is -0.120. The molecule has 1 amide bonds. The normalized spacial score (nSPS) is 15.5. The van der Waals surface area contributed by atoms with Gasteiger partial charge in [0.1, 0.15) is 16.5 Å². The fraction of sp³-hybridized carbons (Fsp3) is 0.333. The number of nitrogens with zero attached hydrogens (tertiary/aromatic N) is 5. The predicted octanol–water partition coefficient (Wildman–Crippen LogP) is 2.60. The van der Waals surface area contributed by atoms with Crippen LogP contribution < -0.4 is 5.32 Å². The van der Waals surface area contributed by atoms with Crippen LogP contribution >= 0.6 is 0 Å².